The van der Waals surface area contributed by atoms with Crippen molar-refractivity contribution in [1.82, 2.24) is 14.9 Å². The highest BCUT2D eigenvalue weighted by atomic mass is 16.5. The van der Waals surface area contributed by atoms with Crippen LogP contribution in [0.4, 0.5) is 5.82 Å². The highest BCUT2D eigenvalue weighted by Crippen LogP contribution is 2.26. The third kappa shape index (κ3) is 3.65. The molecule has 0 spiro atoms. The first-order valence-corrected chi connectivity index (χ1v) is 7.66. The summed E-state index contributed by atoms with van der Waals surface area (Å²) < 4.78 is 10.0. The smallest absolute Gasteiger partial charge is 0.360 e. The molecule has 7 heteroatoms. The number of carbonyl (C=O) groups is 1. The zero-order valence-electron chi connectivity index (χ0n) is 13.5. The molecule has 22 heavy (non-hydrogen) atoms. The summed E-state index contributed by atoms with van der Waals surface area (Å²) in [6.07, 6.45) is 5.01. The number of likely N-dealkylation sites (tertiary alicyclic amines) is 1. The molecular weight excluding hydrogens is 284 g/mol. The molecule has 1 aromatic heterocycles. The summed E-state index contributed by atoms with van der Waals surface area (Å²) in [6.45, 7) is 5.12. The monoisotopic (exact) mass is 308 g/mol. The summed E-state index contributed by atoms with van der Waals surface area (Å²) in [4.78, 5) is 22.3. The van der Waals surface area contributed by atoms with Gasteiger partial charge in [-0.05, 0) is 25.9 Å². The molecule has 2 heterocycles. The van der Waals surface area contributed by atoms with Gasteiger partial charge in [0.15, 0.2) is 17.3 Å². The quantitative estimate of drug-likeness (QED) is 0.799. The fourth-order valence-corrected chi connectivity index (χ4v) is 2.86. The topological polar surface area (TPSA) is 76.6 Å². The largest absolute Gasteiger partial charge is 0.491 e. The molecule has 0 aromatic carbocycles. The second-order valence-corrected chi connectivity index (χ2v) is 5.25. The van der Waals surface area contributed by atoms with Gasteiger partial charge in [-0.15, -0.1) is 0 Å². The molecule has 1 atom stereocenters. The number of hydrogen-bond acceptors (Lipinski definition) is 7. The van der Waals surface area contributed by atoms with Crippen LogP contribution >= 0.6 is 0 Å². The minimum absolute atomic E-state index is 0.137. The standard InChI is InChI=1S/C15H24N4O3/c1-4-19-8-6-5-7-11(19)9-16-14-13(21-2)12(15(20)22-3)17-10-18-14/h10-11H,4-9H2,1-3H3,(H,16,17,18)/t11-/m1/s1. The first-order valence-electron chi connectivity index (χ1n) is 7.66. The van der Waals surface area contributed by atoms with E-state index in [-0.39, 0.29) is 5.69 Å². The number of esters is 1. The molecule has 1 saturated heterocycles. The van der Waals surface area contributed by atoms with Gasteiger partial charge in [0.25, 0.3) is 0 Å². The van der Waals surface area contributed by atoms with Crippen molar-refractivity contribution in [3.63, 3.8) is 0 Å². The summed E-state index contributed by atoms with van der Waals surface area (Å²) in [5.74, 6) is 0.322. The first-order chi connectivity index (χ1) is 10.7. The molecule has 0 amide bonds. The van der Waals surface area contributed by atoms with Gasteiger partial charge in [-0.2, -0.15) is 0 Å². The number of piperidine rings is 1. The number of hydrogen-bond donors (Lipinski definition) is 1. The molecule has 0 bridgehead atoms. The van der Waals surface area contributed by atoms with Gasteiger partial charge < -0.3 is 14.8 Å². The molecule has 1 N–H and O–H groups in total. The molecular formula is C15H24N4O3. The van der Waals surface area contributed by atoms with E-state index in [0.717, 1.165) is 26.1 Å². The predicted molar refractivity (Wildman–Crippen MR) is 83.3 cm³/mol. The molecule has 0 radical (unpaired) electrons. The lowest BCUT2D eigenvalue weighted by atomic mass is 10.0. The summed E-state index contributed by atoms with van der Waals surface area (Å²) in [5.41, 5.74) is 0.137. The number of methoxy groups -OCH3 is 2. The minimum atomic E-state index is -0.532. The van der Waals surface area contributed by atoms with E-state index in [2.05, 4.69) is 27.1 Å². The Balaban J connectivity index is 2.10. The van der Waals surface area contributed by atoms with E-state index in [1.54, 1.807) is 0 Å². The van der Waals surface area contributed by atoms with E-state index in [0.29, 0.717) is 17.6 Å². The van der Waals surface area contributed by atoms with Crippen LogP contribution < -0.4 is 10.1 Å². The van der Waals surface area contributed by atoms with Crippen molar-refractivity contribution in [1.29, 1.82) is 0 Å². The average Bonchev–Trinajstić information content (AvgIpc) is 2.58. The fourth-order valence-electron chi connectivity index (χ4n) is 2.86. The lowest BCUT2D eigenvalue weighted by molar-refractivity contribution is 0.0590. The summed E-state index contributed by atoms with van der Waals surface area (Å²) in [6, 6.07) is 0.472. The Morgan fingerprint density at radius 3 is 2.91 bits per heavy atom. The highest BCUT2D eigenvalue weighted by Gasteiger charge is 2.23. The van der Waals surface area contributed by atoms with Crippen LogP contribution in [-0.4, -0.2) is 60.7 Å². The number of carbonyl (C=O) groups excluding carboxylic acids is 1. The fraction of sp³-hybridized carbons (Fsp3) is 0.667. The Morgan fingerprint density at radius 2 is 2.23 bits per heavy atom. The van der Waals surface area contributed by atoms with Gasteiger partial charge in [0.1, 0.15) is 6.33 Å². The maximum absolute atomic E-state index is 11.7. The Bertz CT molecular complexity index is 510. The molecule has 0 aliphatic carbocycles. The Morgan fingerprint density at radius 1 is 1.41 bits per heavy atom. The average molecular weight is 308 g/mol. The Hall–Kier alpha value is -1.89. The molecule has 122 valence electrons. The van der Waals surface area contributed by atoms with Crippen molar-refractivity contribution < 1.29 is 14.3 Å². The van der Waals surface area contributed by atoms with E-state index in [9.17, 15) is 4.79 Å². The van der Waals surface area contributed by atoms with Crippen molar-refractivity contribution in [2.75, 3.05) is 39.2 Å². The summed E-state index contributed by atoms with van der Waals surface area (Å²) >= 11 is 0. The zero-order chi connectivity index (χ0) is 15.9. The van der Waals surface area contributed by atoms with Crippen LogP contribution in [0.25, 0.3) is 0 Å². The molecule has 0 unspecified atom stereocenters. The number of aromatic nitrogens is 2. The van der Waals surface area contributed by atoms with Crippen LogP contribution in [0.1, 0.15) is 36.7 Å². The van der Waals surface area contributed by atoms with Gasteiger partial charge >= 0.3 is 5.97 Å². The van der Waals surface area contributed by atoms with Gasteiger partial charge in [0, 0.05) is 12.6 Å². The number of likely N-dealkylation sites (N-methyl/N-ethyl adjacent to an activating group) is 1. The predicted octanol–water partition coefficient (Wildman–Crippen LogP) is 1.56. The molecule has 1 aliphatic heterocycles. The number of nitrogens with one attached hydrogen (secondary N) is 1. The normalized spacial score (nSPS) is 18.8. The van der Waals surface area contributed by atoms with Gasteiger partial charge in [0.2, 0.25) is 0 Å². The Labute approximate surface area is 131 Å². The molecule has 1 fully saturated rings. The van der Waals surface area contributed by atoms with Crippen LogP contribution in [0.2, 0.25) is 0 Å². The Kier molecular flexibility index (Phi) is 5.94. The molecule has 1 aromatic rings. The second-order valence-electron chi connectivity index (χ2n) is 5.25. The first kappa shape index (κ1) is 16.5. The third-order valence-corrected chi connectivity index (χ3v) is 4.05. The van der Waals surface area contributed by atoms with Crippen LogP contribution in [-0.2, 0) is 4.74 Å². The number of anilines is 1. The van der Waals surface area contributed by atoms with Crippen molar-refractivity contribution in [3.8, 4) is 5.75 Å². The summed E-state index contributed by atoms with van der Waals surface area (Å²) in [7, 11) is 2.81. The maximum Gasteiger partial charge on any atom is 0.360 e. The van der Waals surface area contributed by atoms with Crippen LogP contribution in [0.3, 0.4) is 0 Å². The molecule has 0 saturated carbocycles. The minimum Gasteiger partial charge on any atom is -0.491 e. The van der Waals surface area contributed by atoms with E-state index < -0.39 is 5.97 Å². The van der Waals surface area contributed by atoms with Gasteiger partial charge in [-0.25, -0.2) is 14.8 Å². The van der Waals surface area contributed by atoms with Crippen molar-refractivity contribution in [2.45, 2.75) is 32.2 Å². The van der Waals surface area contributed by atoms with Crippen LogP contribution in [0, 0.1) is 0 Å². The number of nitrogens with zero attached hydrogens (tertiary/aromatic N) is 3. The summed E-state index contributed by atoms with van der Waals surface area (Å²) in [5, 5.41) is 3.29. The van der Waals surface area contributed by atoms with E-state index in [4.69, 9.17) is 9.47 Å². The SMILES string of the molecule is CCN1CCCC[C@@H]1CNc1ncnc(C(=O)OC)c1OC. The number of rotatable bonds is 6. The second kappa shape index (κ2) is 7.93. The van der Waals surface area contributed by atoms with Crippen molar-refractivity contribution >= 4 is 11.8 Å². The lowest BCUT2D eigenvalue weighted by Crippen LogP contribution is -2.43. The maximum atomic E-state index is 11.7. The van der Waals surface area contributed by atoms with E-state index in [1.807, 2.05) is 0 Å². The van der Waals surface area contributed by atoms with Crippen LogP contribution in [0.5, 0.6) is 5.75 Å². The number of ether oxygens (including phenoxy) is 2. The highest BCUT2D eigenvalue weighted by molar-refractivity contribution is 5.91. The van der Waals surface area contributed by atoms with Crippen LogP contribution in [0.15, 0.2) is 6.33 Å². The molecule has 2 rings (SSSR count). The van der Waals surface area contributed by atoms with Gasteiger partial charge in [-0.3, -0.25) is 4.90 Å². The van der Waals surface area contributed by atoms with Gasteiger partial charge in [0.05, 0.1) is 14.2 Å². The van der Waals surface area contributed by atoms with E-state index >= 15 is 0 Å². The molecule has 1 aliphatic rings. The third-order valence-electron chi connectivity index (χ3n) is 4.05. The molecule has 7 nitrogen and oxygen atoms in total. The van der Waals surface area contributed by atoms with Gasteiger partial charge in [-0.1, -0.05) is 13.3 Å². The van der Waals surface area contributed by atoms with E-state index in [1.165, 1.54) is 33.4 Å². The van der Waals surface area contributed by atoms with Crippen molar-refractivity contribution in [2.24, 2.45) is 0 Å². The van der Waals surface area contributed by atoms with Crippen molar-refractivity contribution in [3.05, 3.63) is 12.0 Å². The zero-order valence-corrected chi connectivity index (χ0v) is 13.5. The lowest BCUT2D eigenvalue weighted by Gasteiger charge is -2.35.